The van der Waals surface area contributed by atoms with Crippen LogP contribution in [0.3, 0.4) is 0 Å². The number of amides is 1. The van der Waals surface area contributed by atoms with Crippen LogP contribution in [0.4, 0.5) is 5.95 Å². The first-order chi connectivity index (χ1) is 9.20. The van der Waals surface area contributed by atoms with Gasteiger partial charge < -0.3 is 10.2 Å². The average molecular weight is 262 g/mol. The quantitative estimate of drug-likeness (QED) is 0.899. The van der Waals surface area contributed by atoms with Crippen molar-refractivity contribution in [1.82, 2.24) is 15.3 Å². The van der Waals surface area contributed by atoms with Crippen molar-refractivity contribution in [1.29, 1.82) is 0 Å². The highest BCUT2D eigenvalue weighted by atomic mass is 16.1. The maximum absolute atomic E-state index is 11.9. The fourth-order valence-electron chi connectivity index (χ4n) is 2.16. The molecule has 2 heterocycles. The summed E-state index contributed by atoms with van der Waals surface area (Å²) in [5.74, 6) is 1.33. The molecule has 0 aliphatic carbocycles. The van der Waals surface area contributed by atoms with E-state index in [4.69, 9.17) is 0 Å². The summed E-state index contributed by atoms with van der Waals surface area (Å²) >= 11 is 0. The molecule has 1 aromatic heterocycles. The van der Waals surface area contributed by atoms with E-state index in [9.17, 15) is 4.79 Å². The van der Waals surface area contributed by atoms with Gasteiger partial charge in [-0.2, -0.15) is 0 Å². The molecular formula is C14H22N4O. The molecule has 0 unspecified atom stereocenters. The van der Waals surface area contributed by atoms with Crippen LogP contribution in [0.1, 0.15) is 43.6 Å². The largest absolute Gasteiger partial charge is 0.351 e. The lowest BCUT2D eigenvalue weighted by molar-refractivity contribution is 0.0948. The van der Waals surface area contributed by atoms with Crippen LogP contribution < -0.4 is 10.2 Å². The number of anilines is 1. The van der Waals surface area contributed by atoms with Gasteiger partial charge in [-0.3, -0.25) is 4.79 Å². The zero-order valence-electron chi connectivity index (χ0n) is 11.7. The molecule has 0 radical (unpaired) electrons. The summed E-state index contributed by atoms with van der Waals surface area (Å²) in [7, 11) is 0. The zero-order valence-corrected chi connectivity index (χ0v) is 11.7. The molecule has 1 amide bonds. The maximum Gasteiger partial charge on any atom is 0.270 e. The number of nitrogens with one attached hydrogen (secondary N) is 1. The van der Waals surface area contributed by atoms with E-state index in [0.717, 1.165) is 38.3 Å². The van der Waals surface area contributed by atoms with Gasteiger partial charge in [0.15, 0.2) is 0 Å². The number of hydrogen-bond donors (Lipinski definition) is 1. The SMILES string of the molecule is CCCNC(=O)c1ccnc(N2CCC(C)CC2)n1. The van der Waals surface area contributed by atoms with E-state index in [2.05, 4.69) is 27.1 Å². The van der Waals surface area contributed by atoms with Gasteiger partial charge in [-0.25, -0.2) is 9.97 Å². The Morgan fingerprint density at radius 1 is 1.47 bits per heavy atom. The third-order valence-corrected chi connectivity index (χ3v) is 3.48. The first-order valence-electron chi connectivity index (χ1n) is 7.07. The highest BCUT2D eigenvalue weighted by molar-refractivity contribution is 5.92. The van der Waals surface area contributed by atoms with Crippen LogP contribution in [0.5, 0.6) is 0 Å². The second-order valence-corrected chi connectivity index (χ2v) is 5.17. The Bertz CT molecular complexity index is 427. The van der Waals surface area contributed by atoms with Gasteiger partial charge in [0.1, 0.15) is 5.69 Å². The van der Waals surface area contributed by atoms with E-state index in [0.29, 0.717) is 18.2 Å². The van der Waals surface area contributed by atoms with Crippen LogP contribution in [0.15, 0.2) is 12.3 Å². The van der Waals surface area contributed by atoms with Crippen LogP contribution in [0.25, 0.3) is 0 Å². The molecule has 0 aromatic carbocycles. The van der Waals surface area contributed by atoms with Crippen molar-refractivity contribution in [3.05, 3.63) is 18.0 Å². The fraction of sp³-hybridized carbons (Fsp3) is 0.643. The Kier molecular flexibility index (Phi) is 4.71. The number of carbonyl (C=O) groups is 1. The van der Waals surface area contributed by atoms with Gasteiger partial charge in [-0.15, -0.1) is 0 Å². The monoisotopic (exact) mass is 262 g/mol. The average Bonchev–Trinajstić information content (AvgIpc) is 2.45. The second-order valence-electron chi connectivity index (χ2n) is 5.17. The van der Waals surface area contributed by atoms with Gasteiger partial charge in [0.2, 0.25) is 5.95 Å². The van der Waals surface area contributed by atoms with Gasteiger partial charge >= 0.3 is 0 Å². The van der Waals surface area contributed by atoms with E-state index in [1.165, 1.54) is 0 Å². The Labute approximate surface area is 114 Å². The summed E-state index contributed by atoms with van der Waals surface area (Å²) in [6, 6.07) is 1.67. The number of aromatic nitrogens is 2. The zero-order chi connectivity index (χ0) is 13.7. The molecule has 0 spiro atoms. The van der Waals surface area contributed by atoms with Crippen LogP contribution in [0.2, 0.25) is 0 Å². The molecule has 0 bridgehead atoms. The topological polar surface area (TPSA) is 58.1 Å². The molecule has 1 aromatic rings. The van der Waals surface area contributed by atoms with Crippen molar-refractivity contribution in [3.63, 3.8) is 0 Å². The molecule has 5 heteroatoms. The summed E-state index contributed by atoms with van der Waals surface area (Å²) in [4.78, 5) is 22.7. The van der Waals surface area contributed by atoms with E-state index in [-0.39, 0.29) is 5.91 Å². The molecule has 1 aliphatic rings. The number of hydrogen-bond acceptors (Lipinski definition) is 4. The molecule has 1 fully saturated rings. The number of carbonyl (C=O) groups excluding carboxylic acids is 1. The molecular weight excluding hydrogens is 240 g/mol. The summed E-state index contributed by atoms with van der Waals surface area (Å²) in [5, 5.41) is 2.84. The van der Waals surface area contributed by atoms with Crippen LogP contribution in [-0.2, 0) is 0 Å². The van der Waals surface area contributed by atoms with Crippen LogP contribution in [-0.4, -0.2) is 35.5 Å². The molecule has 5 nitrogen and oxygen atoms in total. The van der Waals surface area contributed by atoms with Gasteiger partial charge in [0.05, 0.1) is 0 Å². The van der Waals surface area contributed by atoms with E-state index in [1.54, 1.807) is 12.3 Å². The van der Waals surface area contributed by atoms with E-state index in [1.807, 2.05) is 6.92 Å². The molecule has 0 atom stereocenters. The highest BCUT2D eigenvalue weighted by Gasteiger charge is 2.19. The highest BCUT2D eigenvalue weighted by Crippen LogP contribution is 2.19. The van der Waals surface area contributed by atoms with Crippen molar-refractivity contribution in [2.24, 2.45) is 5.92 Å². The normalized spacial score (nSPS) is 16.4. The first-order valence-corrected chi connectivity index (χ1v) is 7.07. The molecule has 2 rings (SSSR count). The Morgan fingerprint density at radius 3 is 2.89 bits per heavy atom. The number of piperidine rings is 1. The van der Waals surface area contributed by atoms with Gasteiger partial charge in [0, 0.05) is 25.8 Å². The summed E-state index contributed by atoms with van der Waals surface area (Å²) in [5.41, 5.74) is 0.456. The van der Waals surface area contributed by atoms with E-state index < -0.39 is 0 Å². The Hall–Kier alpha value is -1.65. The minimum absolute atomic E-state index is 0.115. The predicted molar refractivity (Wildman–Crippen MR) is 75.3 cm³/mol. The smallest absolute Gasteiger partial charge is 0.270 e. The molecule has 104 valence electrons. The van der Waals surface area contributed by atoms with Crippen molar-refractivity contribution in [3.8, 4) is 0 Å². The van der Waals surface area contributed by atoms with Crippen LogP contribution in [0, 0.1) is 5.92 Å². The summed E-state index contributed by atoms with van der Waals surface area (Å²) in [6.45, 7) is 6.93. The molecule has 0 saturated carbocycles. The first kappa shape index (κ1) is 13.8. The van der Waals surface area contributed by atoms with Gasteiger partial charge in [0.25, 0.3) is 5.91 Å². The lowest BCUT2D eigenvalue weighted by atomic mass is 10.00. The van der Waals surface area contributed by atoms with Gasteiger partial charge in [-0.1, -0.05) is 13.8 Å². The summed E-state index contributed by atoms with van der Waals surface area (Å²) in [6.07, 6.45) is 4.92. The minimum atomic E-state index is -0.115. The van der Waals surface area contributed by atoms with E-state index >= 15 is 0 Å². The number of nitrogens with zero attached hydrogens (tertiary/aromatic N) is 3. The number of rotatable bonds is 4. The Balaban J connectivity index is 2.04. The standard InChI is InChI=1S/C14H22N4O/c1-3-7-15-13(19)12-4-8-16-14(17-12)18-9-5-11(2)6-10-18/h4,8,11H,3,5-7,9-10H2,1-2H3,(H,15,19). The third kappa shape index (κ3) is 3.66. The lowest BCUT2D eigenvalue weighted by Crippen LogP contribution is -2.34. The minimum Gasteiger partial charge on any atom is -0.351 e. The van der Waals surface area contributed by atoms with Gasteiger partial charge in [-0.05, 0) is 31.2 Å². The fourth-order valence-corrected chi connectivity index (χ4v) is 2.16. The second kappa shape index (κ2) is 6.50. The molecule has 1 aliphatic heterocycles. The van der Waals surface area contributed by atoms with Crippen molar-refractivity contribution >= 4 is 11.9 Å². The van der Waals surface area contributed by atoms with Crippen molar-refractivity contribution < 1.29 is 4.79 Å². The Morgan fingerprint density at radius 2 is 2.21 bits per heavy atom. The van der Waals surface area contributed by atoms with Crippen molar-refractivity contribution in [2.45, 2.75) is 33.1 Å². The summed E-state index contributed by atoms with van der Waals surface area (Å²) < 4.78 is 0. The van der Waals surface area contributed by atoms with Crippen molar-refractivity contribution in [2.75, 3.05) is 24.5 Å². The third-order valence-electron chi connectivity index (χ3n) is 3.48. The molecule has 1 N–H and O–H groups in total. The van der Waals surface area contributed by atoms with Crippen LogP contribution >= 0.6 is 0 Å². The predicted octanol–water partition coefficient (Wildman–Crippen LogP) is 1.85. The molecule has 19 heavy (non-hydrogen) atoms. The maximum atomic E-state index is 11.9. The lowest BCUT2D eigenvalue weighted by Gasteiger charge is -2.30. The molecule has 1 saturated heterocycles.